The van der Waals surface area contributed by atoms with E-state index >= 15 is 0 Å². The number of ether oxygens (including phenoxy) is 1. The average molecular weight is 473 g/mol. The minimum absolute atomic E-state index is 0.0572. The fourth-order valence-electron chi connectivity index (χ4n) is 4.65. The average Bonchev–Trinajstić information content (AvgIpc) is 3.18. The number of hydrogen-bond acceptors (Lipinski definition) is 5. The topological polar surface area (TPSA) is 105 Å². The van der Waals surface area contributed by atoms with Gasteiger partial charge in [-0.25, -0.2) is 9.78 Å². The standard InChI is InChI=1S/C25H36N4O5/c1-17(2)14-29(20-13-19(18(3)30)15-27(16-20)25(32)33)24(31)23-26-21-9-5-6-10-22(21)28(23)11-7-8-12-34-4/h5-6,9-10,17,19-20H,7-8,11-16H2,1-4H3,(H,32,33)/t19-,20+/m1/s1. The molecule has 2 heterocycles. The second kappa shape index (κ2) is 11.5. The quantitative estimate of drug-likeness (QED) is 0.531. The van der Waals surface area contributed by atoms with Crippen molar-refractivity contribution in [1.29, 1.82) is 0 Å². The monoisotopic (exact) mass is 472 g/mol. The predicted octanol–water partition coefficient (Wildman–Crippen LogP) is 3.52. The minimum Gasteiger partial charge on any atom is -0.465 e. The SMILES string of the molecule is COCCCCn1c(C(=O)N(CC(C)C)[C@H]2C[C@@H](C(C)=O)CN(C(=O)O)C2)nc2ccccc21. The van der Waals surface area contributed by atoms with Crippen molar-refractivity contribution >= 4 is 28.8 Å². The van der Waals surface area contributed by atoms with Gasteiger partial charge in [-0.1, -0.05) is 26.0 Å². The third-order valence-electron chi connectivity index (χ3n) is 6.36. The van der Waals surface area contributed by atoms with E-state index in [0.717, 1.165) is 23.9 Å². The summed E-state index contributed by atoms with van der Waals surface area (Å²) < 4.78 is 7.13. The summed E-state index contributed by atoms with van der Waals surface area (Å²) in [7, 11) is 1.67. The van der Waals surface area contributed by atoms with E-state index in [1.165, 1.54) is 11.8 Å². The van der Waals surface area contributed by atoms with Gasteiger partial charge in [0.05, 0.1) is 17.1 Å². The first-order valence-corrected chi connectivity index (χ1v) is 12.0. The molecule has 2 atom stereocenters. The first-order valence-electron chi connectivity index (χ1n) is 12.0. The number of piperidine rings is 1. The van der Waals surface area contributed by atoms with Crippen LogP contribution < -0.4 is 0 Å². The number of likely N-dealkylation sites (tertiary alicyclic amines) is 1. The highest BCUT2D eigenvalue weighted by atomic mass is 16.5. The van der Waals surface area contributed by atoms with E-state index in [1.807, 2.05) is 42.7 Å². The number of imidazole rings is 1. The maximum Gasteiger partial charge on any atom is 0.407 e. The Balaban J connectivity index is 1.97. The largest absolute Gasteiger partial charge is 0.465 e. The number of aryl methyl sites for hydroxylation is 1. The summed E-state index contributed by atoms with van der Waals surface area (Å²) in [5.41, 5.74) is 1.64. The number of nitrogens with zero attached hydrogens (tertiary/aromatic N) is 4. The second-order valence-corrected chi connectivity index (χ2v) is 9.51. The van der Waals surface area contributed by atoms with Gasteiger partial charge < -0.3 is 24.2 Å². The van der Waals surface area contributed by atoms with E-state index in [0.29, 0.717) is 31.9 Å². The van der Waals surface area contributed by atoms with E-state index in [2.05, 4.69) is 4.98 Å². The molecule has 1 N–H and O–H groups in total. The van der Waals surface area contributed by atoms with Gasteiger partial charge in [0.1, 0.15) is 5.78 Å². The van der Waals surface area contributed by atoms with Crippen molar-refractivity contribution in [3.8, 4) is 0 Å². The maximum absolute atomic E-state index is 14.0. The molecule has 0 saturated carbocycles. The van der Waals surface area contributed by atoms with Gasteiger partial charge in [-0.15, -0.1) is 0 Å². The van der Waals surface area contributed by atoms with Gasteiger partial charge >= 0.3 is 6.09 Å². The Morgan fingerprint density at radius 2 is 1.94 bits per heavy atom. The van der Waals surface area contributed by atoms with Crippen molar-refractivity contribution in [2.24, 2.45) is 11.8 Å². The van der Waals surface area contributed by atoms with Crippen molar-refractivity contribution < 1.29 is 24.2 Å². The molecular formula is C25H36N4O5. The van der Waals surface area contributed by atoms with Crippen molar-refractivity contribution in [3.05, 3.63) is 30.1 Å². The Bertz CT molecular complexity index is 996. The van der Waals surface area contributed by atoms with Gasteiger partial charge in [0, 0.05) is 45.8 Å². The summed E-state index contributed by atoms with van der Waals surface area (Å²) in [6.07, 6.45) is 1.08. The highest BCUT2D eigenvalue weighted by Gasteiger charge is 2.38. The Morgan fingerprint density at radius 1 is 1.21 bits per heavy atom. The number of rotatable bonds is 10. The lowest BCUT2D eigenvalue weighted by molar-refractivity contribution is -0.122. The summed E-state index contributed by atoms with van der Waals surface area (Å²) in [6.45, 7) is 7.62. The third kappa shape index (κ3) is 5.94. The number of carbonyl (C=O) groups is 3. The molecule has 0 radical (unpaired) electrons. The molecule has 0 spiro atoms. The first kappa shape index (κ1) is 25.7. The predicted molar refractivity (Wildman–Crippen MR) is 129 cm³/mol. The summed E-state index contributed by atoms with van der Waals surface area (Å²) in [4.78, 5) is 45.6. The molecule has 2 amide bonds. The fourth-order valence-corrected chi connectivity index (χ4v) is 4.65. The molecular weight excluding hydrogens is 436 g/mol. The number of benzene rings is 1. The molecule has 1 aliphatic heterocycles. The molecule has 9 heteroatoms. The summed E-state index contributed by atoms with van der Waals surface area (Å²) in [5.74, 6) is -0.190. The number of ketones is 1. The zero-order valence-electron chi connectivity index (χ0n) is 20.6. The van der Waals surface area contributed by atoms with Crippen molar-refractivity contribution in [3.63, 3.8) is 0 Å². The smallest absolute Gasteiger partial charge is 0.407 e. The Morgan fingerprint density at radius 3 is 2.59 bits per heavy atom. The number of Topliss-reactive ketones (excluding diaryl/α,β-unsaturated/α-hetero) is 1. The molecule has 1 aromatic heterocycles. The fraction of sp³-hybridized carbons (Fsp3) is 0.600. The van der Waals surface area contributed by atoms with Gasteiger partial charge in [-0.05, 0) is 44.2 Å². The van der Waals surface area contributed by atoms with Crippen LogP contribution in [0.15, 0.2) is 24.3 Å². The van der Waals surface area contributed by atoms with Gasteiger partial charge in [-0.2, -0.15) is 0 Å². The molecule has 1 saturated heterocycles. The minimum atomic E-state index is -1.07. The van der Waals surface area contributed by atoms with Crippen LogP contribution in [-0.2, 0) is 16.1 Å². The molecule has 0 bridgehead atoms. The number of methoxy groups -OCH3 is 1. The molecule has 34 heavy (non-hydrogen) atoms. The first-order chi connectivity index (χ1) is 16.2. The number of hydrogen-bond donors (Lipinski definition) is 1. The van der Waals surface area contributed by atoms with Crippen LogP contribution in [0.25, 0.3) is 11.0 Å². The lowest BCUT2D eigenvalue weighted by Gasteiger charge is -2.41. The molecule has 1 fully saturated rings. The number of para-hydroxylation sites is 2. The molecule has 1 aliphatic rings. The van der Waals surface area contributed by atoms with Crippen molar-refractivity contribution in [2.75, 3.05) is 33.4 Å². The Labute approximate surface area is 200 Å². The summed E-state index contributed by atoms with van der Waals surface area (Å²) >= 11 is 0. The van der Waals surface area contributed by atoms with Crippen molar-refractivity contribution in [1.82, 2.24) is 19.4 Å². The molecule has 186 valence electrons. The van der Waals surface area contributed by atoms with E-state index in [-0.39, 0.29) is 30.7 Å². The maximum atomic E-state index is 14.0. The highest BCUT2D eigenvalue weighted by molar-refractivity contribution is 5.95. The highest BCUT2D eigenvalue weighted by Crippen LogP contribution is 2.26. The molecule has 1 aromatic carbocycles. The van der Waals surface area contributed by atoms with Crippen LogP contribution >= 0.6 is 0 Å². The van der Waals surface area contributed by atoms with Crippen LogP contribution in [-0.4, -0.2) is 81.6 Å². The number of carboxylic acid groups (broad SMARTS) is 1. The third-order valence-corrected chi connectivity index (χ3v) is 6.36. The zero-order valence-corrected chi connectivity index (χ0v) is 20.6. The van der Waals surface area contributed by atoms with Crippen LogP contribution in [0.1, 0.15) is 50.7 Å². The number of aromatic nitrogens is 2. The van der Waals surface area contributed by atoms with Crippen LogP contribution in [0.4, 0.5) is 4.79 Å². The van der Waals surface area contributed by atoms with Crippen LogP contribution in [0, 0.1) is 11.8 Å². The van der Waals surface area contributed by atoms with Crippen LogP contribution in [0.3, 0.4) is 0 Å². The Hall–Kier alpha value is -2.94. The van der Waals surface area contributed by atoms with E-state index in [9.17, 15) is 19.5 Å². The van der Waals surface area contributed by atoms with Gasteiger partial charge in [-0.3, -0.25) is 9.59 Å². The number of amides is 2. The van der Waals surface area contributed by atoms with Gasteiger partial charge in [0.25, 0.3) is 5.91 Å². The van der Waals surface area contributed by atoms with E-state index in [1.54, 1.807) is 12.0 Å². The van der Waals surface area contributed by atoms with Crippen LogP contribution in [0.5, 0.6) is 0 Å². The molecule has 2 aromatic rings. The number of fused-ring (bicyclic) bond motifs is 1. The number of unbranched alkanes of at least 4 members (excludes halogenated alkanes) is 1. The molecule has 0 unspecified atom stereocenters. The van der Waals surface area contributed by atoms with E-state index < -0.39 is 18.1 Å². The summed E-state index contributed by atoms with van der Waals surface area (Å²) in [5, 5.41) is 9.64. The van der Waals surface area contributed by atoms with E-state index in [4.69, 9.17) is 4.74 Å². The van der Waals surface area contributed by atoms with Gasteiger partial charge in [0.15, 0.2) is 5.82 Å². The number of carbonyl (C=O) groups excluding carboxylic acids is 2. The van der Waals surface area contributed by atoms with Crippen LogP contribution in [0.2, 0.25) is 0 Å². The second-order valence-electron chi connectivity index (χ2n) is 9.51. The molecule has 9 nitrogen and oxygen atoms in total. The molecule has 3 rings (SSSR count). The van der Waals surface area contributed by atoms with Crippen molar-refractivity contribution in [2.45, 2.75) is 52.6 Å². The zero-order chi connectivity index (χ0) is 24.8. The Kier molecular flexibility index (Phi) is 8.66. The molecule has 0 aliphatic carbocycles. The lowest BCUT2D eigenvalue weighted by Crippen LogP contribution is -2.56. The lowest BCUT2D eigenvalue weighted by atomic mass is 9.90. The summed E-state index contributed by atoms with van der Waals surface area (Å²) in [6, 6.07) is 7.28. The normalized spacial score (nSPS) is 18.4. The van der Waals surface area contributed by atoms with Gasteiger partial charge in [0.2, 0.25) is 0 Å².